The molecule has 0 radical (unpaired) electrons. The summed E-state index contributed by atoms with van der Waals surface area (Å²) >= 11 is 6.44. The number of hydrogen-bond donors (Lipinski definition) is 2. The molecule has 1 atom stereocenters. The molecule has 1 aliphatic rings. The monoisotopic (exact) mass is 398 g/mol. The van der Waals surface area contributed by atoms with Gasteiger partial charge in [-0.15, -0.1) is 0 Å². The molecule has 0 aromatic heterocycles. The van der Waals surface area contributed by atoms with E-state index in [1.165, 1.54) is 0 Å². The predicted octanol–water partition coefficient (Wildman–Crippen LogP) is 3.13. The fourth-order valence-corrected chi connectivity index (χ4v) is 3.17. The summed E-state index contributed by atoms with van der Waals surface area (Å²) in [7, 11) is 0. The summed E-state index contributed by atoms with van der Waals surface area (Å²) in [6.45, 7) is 2.42. The van der Waals surface area contributed by atoms with Gasteiger partial charge >= 0.3 is 0 Å². The van der Waals surface area contributed by atoms with Gasteiger partial charge in [-0.1, -0.05) is 15.9 Å². The molecule has 1 heterocycles. The summed E-state index contributed by atoms with van der Waals surface area (Å²) in [4.78, 5) is 1.70. The van der Waals surface area contributed by atoms with Crippen LogP contribution in [0.15, 0.2) is 21.1 Å². The Morgan fingerprint density at radius 3 is 2.32 bits per heavy atom. The quantitative estimate of drug-likeness (QED) is 0.819. The van der Waals surface area contributed by atoms with E-state index in [0.717, 1.165) is 0 Å². The van der Waals surface area contributed by atoms with E-state index >= 15 is 0 Å². The Labute approximate surface area is 127 Å². The molecule has 0 bridgehead atoms. The average molecular weight is 400 g/mol. The molecule has 7 heteroatoms. The van der Waals surface area contributed by atoms with Crippen molar-refractivity contribution >= 4 is 31.9 Å². The van der Waals surface area contributed by atoms with Crippen LogP contribution in [-0.4, -0.2) is 42.6 Å². The van der Waals surface area contributed by atoms with Crippen LogP contribution in [0.25, 0.3) is 0 Å². The Hall–Kier alpha value is -0.240. The van der Waals surface area contributed by atoms with Gasteiger partial charge in [-0.25, -0.2) is 8.78 Å². The summed E-state index contributed by atoms with van der Waals surface area (Å²) in [5.41, 5.74) is 0.242. The molecule has 0 saturated carbocycles. The zero-order valence-electron chi connectivity index (χ0n) is 10.0. The molecule has 0 amide bonds. The van der Waals surface area contributed by atoms with Gasteiger partial charge in [0.05, 0.1) is 4.47 Å². The third-order valence-electron chi connectivity index (χ3n) is 3.19. The standard InChI is InChI=1S/C12H14Br2F2N2O/c13-7-1-2-8(14)11(19)9(7)10(12(15)16)18-5-3-17-4-6-18/h1-2,10,12,17,19H,3-6H2/t10-/m0/s1. The summed E-state index contributed by atoms with van der Waals surface area (Å²) in [6, 6.07) is 2.19. The van der Waals surface area contributed by atoms with Crippen LogP contribution in [0, 0.1) is 0 Å². The lowest BCUT2D eigenvalue weighted by atomic mass is 10.0. The Morgan fingerprint density at radius 2 is 1.74 bits per heavy atom. The van der Waals surface area contributed by atoms with Crippen LogP contribution in [0.3, 0.4) is 0 Å². The summed E-state index contributed by atoms with van der Waals surface area (Å²) in [5.74, 6) is -0.127. The zero-order chi connectivity index (χ0) is 14.0. The van der Waals surface area contributed by atoms with Gasteiger partial charge < -0.3 is 10.4 Å². The number of alkyl halides is 2. The van der Waals surface area contributed by atoms with Crippen molar-refractivity contribution < 1.29 is 13.9 Å². The number of aromatic hydroxyl groups is 1. The van der Waals surface area contributed by atoms with Gasteiger partial charge in [0, 0.05) is 36.2 Å². The summed E-state index contributed by atoms with van der Waals surface area (Å²) in [5, 5.41) is 13.2. The third-order valence-corrected chi connectivity index (χ3v) is 4.53. The normalized spacial score (nSPS) is 18.8. The fourth-order valence-electron chi connectivity index (χ4n) is 2.27. The maximum absolute atomic E-state index is 13.5. The molecule has 1 aliphatic heterocycles. The molecule has 1 fully saturated rings. The lowest BCUT2D eigenvalue weighted by Gasteiger charge is -2.35. The fraction of sp³-hybridized carbons (Fsp3) is 0.500. The highest BCUT2D eigenvalue weighted by Gasteiger charge is 2.34. The molecule has 1 saturated heterocycles. The summed E-state index contributed by atoms with van der Waals surface area (Å²) < 4.78 is 27.8. The van der Waals surface area contributed by atoms with E-state index in [1.54, 1.807) is 17.0 Å². The Morgan fingerprint density at radius 1 is 1.16 bits per heavy atom. The van der Waals surface area contributed by atoms with E-state index in [9.17, 15) is 13.9 Å². The lowest BCUT2D eigenvalue weighted by Crippen LogP contribution is -2.47. The van der Waals surface area contributed by atoms with Crippen molar-refractivity contribution in [3.63, 3.8) is 0 Å². The average Bonchev–Trinajstić information content (AvgIpc) is 2.39. The number of nitrogens with one attached hydrogen (secondary N) is 1. The Bertz CT molecular complexity index is 454. The van der Waals surface area contributed by atoms with Crippen LogP contribution in [0.5, 0.6) is 5.75 Å². The van der Waals surface area contributed by atoms with E-state index in [1.807, 2.05) is 0 Å². The van der Waals surface area contributed by atoms with Crippen LogP contribution in [0.1, 0.15) is 11.6 Å². The topological polar surface area (TPSA) is 35.5 Å². The van der Waals surface area contributed by atoms with Gasteiger partial charge in [0.15, 0.2) is 0 Å². The van der Waals surface area contributed by atoms with Gasteiger partial charge in [0.25, 0.3) is 6.43 Å². The second-order valence-corrected chi connectivity index (χ2v) is 6.07. The minimum atomic E-state index is -2.56. The highest BCUT2D eigenvalue weighted by atomic mass is 79.9. The van der Waals surface area contributed by atoms with Crippen LogP contribution < -0.4 is 5.32 Å². The lowest BCUT2D eigenvalue weighted by molar-refractivity contribution is 0.0166. The van der Waals surface area contributed by atoms with E-state index < -0.39 is 12.5 Å². The number of hydrogen-bond acceptors (Lipinski definition) is 3. The van der Waals surface area contributed by atoms with Gasteiger partial charge in [-0.2, -0.15) is 0 Å². The van der Waals surface area contributed by atoms with Gasteiger partial charge in [0.1, 0.15) is 11.8 Å². The molecule has 19 heavy (non-hydrogen) atoms. The van der Waals surface area contributed by atoms with E-state index in [2.05, 4.69) is 37.2 Å². The molecule has 0 unspecified atom stereocenters. The van der Waals surface area contributed by atoms with Crippen molar-refractivity contribution in [1.29, 1.82) is 0 Å². The number of phenols is 1. The number of benzene rings is 1. The van der Waals surface area contributed by atoms with E-state index in [0.29, 0.717) is 35.1 Å². The Kier molecular flexibility index (Phi) is 5.16. The van der Waals surface area contributed by atoms with Crippen molar-refractivity contribution in [1.82, 2.24) is 10.2 Å². The smallest absolute Gasteiger partial charge is 0.258 e. The number of rotatable bonds is 3. The van der Waals surface area contributed by atoms with Gasteiger partial charge in [0.2, 0.25) is 0 Å². The first-order valence-electron chi connectivity index (χ1n) is 5.92. The zero-order valence-corrected chi connectivity index (χ0v) is 13.2. The second-order valence-electron chi connectivity index (χ2n) is 4.36. The van der Waals surface area contributed by atoms with Gasteiger partial charge in [-0.3, -0.25) is 4.90 Å². The van der Waals surface area contributed by atoms with Crippen molar-refractivity contribution in [2.24, 2.45) is 0 Å². The SMILES string of the molecule is Oc1c(Br)ccc(Br)c1[C@@H](C(F)F)N1CCNCC1. The first-order valence-corrected chi connectivity index (χ1v) is 7.50. The highest BCUT2D eigenvalue weighted by molar-refractivity contribution is 9.11. The Balaban J connectivity index is 2.41. The predicted molar refractivity (Wildman–Crippen MR) is 76.7 cm³/mol. The molecule has 2 rings (SSSR count). The van der Waals surface area contributed by atoms with E-state index in [4.69, 9.17) is 0 Å². The maximum atomic E-state index is 13.5. The molecule has 1 aromatic carbocycles. The third kappa shape index (κ3) is 3.26. The molecule has 0 spiro atoms. The minimum Gasteiger partial charge on any atom is -0.506 e. The minimum absolute atomic E-state index is 0.127. The van der Waals surface area contributed by atoms with Crippen molar-refractivity contribution in [3.8, 4) is 5.75 Å². The molecule has 0 aliphatic carbocycles. The number of piperazine rings is 1. The molecular formula is C12H14Br2F2N2O. The van der Waals surface area contributed by atoms with Crippen molar-refractivity contribution in [2.75, 3.05) is 26.2 Å². The molecule has 106 valence electrons. The maximum Gasteiger partial charge on any atom is 0.258 e. The number of nitrogens with zero attached hydrogens (tertiary/aromatic N) is 1. The largest absolute Gasteiger partial charge is 0.506 e. The molecular weight excluding hydrogens is 386 g/mol. The number of halogens is 4. The first-order chi connectivity index (χ1) is 9.02. The van der Waals surface area contributed by atoms with Crippen molar-refractivity contribution in [3.05, 3.63) is 26.6 Å². The highest BCUT2D eigenvalue weighted by Crippen LogP contribution is 2.42. The van der Waals surface area contributed by atoms with Gasteiger partial charge in [-0.05, 0) is 28.1 Å². The summed E-state index contributed by atoms with van der Waals surface area (Å²) in [6.07, 6.45) is -2.56. The van der Waals surface area contributed by atoms with Crippen molar-refractivity contribution in [2.45, 2.75) is 12.5 Å². The van der Waals surface area contributed by atoms with Crippen LogP contribution in [0.2, 0.25) is 0 Å². The molecule has 2 N–H and O–H groups in total. The van der Waals surface area contributed by atoms with E-state index in [-0.39, 0.29) is 11.3 Å². The van der Waals surface area contributed by atoms with Crippen LogP contribution in [0.4, 0.5) is 8.78 Å². The number of phenolic OH excluding ortho intramolecular Hbond substituents is 1. The molecule has 3 nitrogen and oxygen atoms in total. The molecule has 1 aromatic rings. The van der Waals surface area contributed by atoms with Crippen LogP contribution in [-0.2, 0) is 0 Å². The first kappa shape index (κ1) is 15.2. The second kappa shape index (κ2) is 6.47. The van der Waals surface area contributed by atoms with Crippen LogP contribution >= 0.6 is 31.9 Å².